The molecule has 1 aromatic heterocycles. The van der Waals surface area contributed by atoms with Gasteiger partial charge in [-0.15, -0.1) is 0 Å². The Morgan fingerprint density at radius 2 is 2.17 bits per heavy atom. The molecule has 3 N–H and O–H groups in total. The highest BCUT2D eigenvalue weighted by Gasteiger charge is 2.09. The zero-order chi connectivity index (χ0) is 13.0. The summed E-state index contributed by atoms with van der Waals surface area (Å²) < 4.78 is 5.37. The van der Waals surface area contributed by atoms with E-state index in [9.17, 15) is 9.90 Å². The summed E-state index contributed by atoms with van der Waals surface area (Å²) in [4.78, 5) is 10.4. The molecule has 0 aliphatic heterocycles. The van der Waals surface area contributed by atoms with E-state index in [-0.39, 0.29) is 13.0 Å². The quantitative estimate of drug-likeness (QED) is 0.720. The average Bonchev–Trinajstić information content (AvgIpc) is 2.72. The molecule has 0 aliphatic rings. The van der Waals surface area contributed by atoms with E-state index in [1.54, 1.807) is 6.26 Å². The molecule has 0 bridgehead atoms. The number of carboxylic acids is 1. The van der Waals surface area contributed by atoms with Crippen molar-refractivity contribution in [3.63, 3.8) is 0 Å². The summed E-state index contributed by atoms with van der Waals surface area (Å²) >= 11 is 0. The van der Waals surface area contributed by atoms with Crippen molar-refractivity contribution >= 4 is 16.9 Å². The molecule has 0 spiro atoms. The van der Waals surface area contributed by atoms with E-state index in [2.05, 4.69) is 5.32 Å². The number of hydrogen-bond donors (Lipinski definition) is 3. The Balaban J connectivity index is 1.89. The van der Waals surface area contributed by atoms with Crippen LogP contribution in [-0.4, -0.2) is 28.8 Å². The fourth-order valence-electron chi connectivity index (χ4n) is 1.82. The fraction of sp³-hybridized carbons (Fsp3) is 0.308. The Hall–Kier alpha value is -1.85. The lowest BCUT2D eigenvalue weighted by Gasteiger charge is -2.08. The van der Waals surface area contributed by atoms with Crippen molar-refractivity contribution in [3.05, 3.63) is 36.1 Å². The molecular formula is C13H15NO4. The highest BCUT2D eigenvalue weighted by atomic mass is 16.4. The lowest BCUT2D eigenvalue weighted by Crippen LogP contribution is -2.28. The van der Waals surface area contributed by atoms with E-state index in [1.165, 1.54) is 0 Å². The van der Waals surface area contributed by atoms with Crippen LogP contribution in [0.25, 0.3) is 11.0 Å². The first kappa shape index (κ1) is 12.6. The summed E-state index contributed by atoms with van der Waals surface area (Å²) in [5.74, 6) is -1.00. The smallest absolute Gasteiger partial charge is 0.306 e. The fourth-order valence-corrected chi connectivity index (χ4v) is 1.82. The second-order valence-electron chi connectivity index (χ2n) is 4.14. The molecule has 96 valence electrons. The number of fused-ring (bicyclic) bond motifs is 1. The van der Waals surface area contributed by atoms with E-state index in [1.807, 2.05) is 24.3 Å². The maximum Gasteiger partial charge on any atom is 0.306 e. The molecule has 5 nitrogen and oxygen atoms in total. The van der Waals surface area contributed by atoms with Gasteiger partial charge in [-0.3, -0.25) is 4.79 Å². The lowest BCUT2D eigenvalue weighted by molar-refractivity contribution is -0.139. The van der Waals surface area contributed by atoms with Crippen LogP contribution in [0.3, 0.4) is 0 Å². The number of para-hydroxylation sites is 1. The van der Waals surface area contributed by atoms with E-state index in [0.717, 1.165) is 16.5 Å². The first-order chi connectivity index (χ1) is 8.66. The number of nitrogens with one attached hydrogen (secondary N) is 1. The highest BCUT2D eigenvalue weighted by Crippen LogP contribution is 2.20. The minimum absolute atomic E-state index is 0.242. The standard InChI is InChI=1S/C13H15NO4/c15-10(5-13(16)17)7-14-6-9-8-18-12-4-2-1-3-11(9)12/h1-4,8,10,14-15H,5-7H2,(H,16,17). The predicted molar refractivity (Wildman–Crippen MR) is 66.2 cm³/mol. The van der Waals surface area contributed by atoms with Gasteiger partial charge in [0.2, 0.25) is 0 Å². The minimum Gasteiger partial charge on any atom is -0.481 e. The zero-order valence-corrected chi connectivity index (χ0v) is 9.80. The summed E-state index contributed by atoms with van der Waals surface area (Å²) in [6.07, 6.45) is 0.543. The SMILES string of the molecule is O=C(O)CC(O)CNCc1coc2ccccc12. The van der Waals surface area contributed by atoms with Crippen LogP contribution in [0.2, 0.25) is 0 Å². The maximum atomic E-state index is 10.4. The number of aliphatic carboxylic acids is 1. The van der Waals surface area contributed by atoms with Crippen molar-refractivity contribution in [2.45, 2.75) is 19.1 Å². The van der Waals surface area contributed by atoms with Crippen LogP contribution in [0.1, 0.15) is 12.0 Å². The van der Waals surface area contributed by atoms with Gasteiger partial charge in [0, 0.05) is 24.0 Å². The first-order valence-corrected chi connectivity index (χ1v) is 5.72. The van der Waals surface area contributed by atoms with Crippen LogP contribution in [-0.2, 0) is 11.3 Å². The van der Waals surface area contributed by atoms with E-state index < -0.39 is 12.1 Å². The van der Waals surface area contributed by atoms with Crippen molar-refractivity contribution in [1.82, 2.24) is 5.32 Å². The van der Waals surface area contributed by atoms with Crippen molar-refractivity contribution in [2.24, 2.45) is 0 Å². The van der Waals surface area contributed by atoms with Crippen LogP contribution in [0.5, 0.6) is 0 Å². The van der Waals surface area contributed by atoms with E-state index >= 15 is 0 Å². The summed E-state index contributed by atoms with van der Waals surface area (Å²) in [5, 5.41) is 21.9. The largest absolute Gasteiger partial charge is 0.481 e. The van der Waals surface area contributed by atoms with Gasteiger partial charge >= 0.3 is 5.97 Å². The number of carbonyl (C=O) groups is 1. The third-order valence-corrected chi connectivity index (χ3v) is 2.67. The maximum absolute atomic E-state index is 10.4. The van der Waals surface area contributed by atoms with Crippen LogP contribution >= 0.6 is 0 Å². The van der Waals surface area contributed by atoms with Gasteiger partial charge in [-0.2, -0.15) is 0 Å². The molecule has 0 amide bonds. The van der Waals surface area contributed by atoms with Gasteiger partial charge in [-0.25, -0.2) is 0 Å². The number of hydrogen-bond acceptors (Lipinski definition) is 4. The third kappa shape index (κ3) is 3.09. The highest BCUT2D eigenvalue weighted by molar-refractivity contribution is 5.80. The minimum atomic E-state index is -1.00. The Labute approximate surface area is 104 Å². The molecule has 1 atom stereocenters. The second-order valence-corrected chi connectivity index (χ2v) is 4.14. The second kappa shape index (κ2) is 5.66. The molecule has 5 heteroatoms. The zero-order valence-electron chi connectivity index (χ0n) is 9.80. The molecule has 2 rings (SSSR count). The Kier molecular flexibility index (Phi) is 3.96. The Bertz CT molecular complexity index is 535. The average molecular weight is 249 g/mol. The van der Waals surface area contributed by atoms with Crippen molar-refractivity contribution in [1.29, 1.82) is 0 Å². The summed E-state index contributed by atoms with van der Waals surface area (Å²) in [6.45, 7) is 0.777. The van der Waals surface area contributed by atoms with Gasteiger partial charge in [-0.05, 0) is 6.07 Å². The monoisotopic (exact) mass is 249 g/mol. The van der Waals surface area contributed by atoms with Gasteiger partial charge in [-0.1, -0.05) is 18.2 Å². The molecule has 0 saturated carbocycles. The van der Waals surface area contributed by atoms with E-state index in [0.29, 0.717) is 6.54 Å². The lowest BCUT2D eigenvalue weighted by atomic mass is 10.2. The molecular weight excluding hydrogens is 234 g/mol. The summed E-state index contributed by atoms with van der Waals surface area (Å²) in [7, 11) is 0. The van der Waals surface area contributed by atoms with Gasteiger partial charge < -0.3 is 19.9 Å². The van der Waals surface area contributed by atoms with Gasteiger partial charge in [0.15, 0.2) is 0 Å². The van der Waals surface area contributed by atoms with Crippen LogP contribution in [0, 0.1) is 0 Å². The number of aliphatic hydroxyl groups is 1. The molecule has 0 radical (unpaired) electrons. The van der Waals surface area contributed by atoms with Crippen molar-refractivity contribution in [2.75, 3.05) is 6.54 Å². The Morgan fingerprint density at radius 1 is 1.39 bits per heavy atom. The molecule has 0 aliphatic carbocycles. The molecule has 18 heavy (non-hydrogen) atoms. The molecule has 0 saturated heterocycles. The predicted octanol–water partition coefficient (Wildman–Crippen LogP) is 1.36. The third-order valence-electron chi connectivity index (χ3n) is 2.67. The normalized spacial score (nSPS) is 12.7. The molecule has 1 aromatic carbocycles. The number of aliphatic hydroxyl groups excluding tert-OH is 1. The van der Waals surface area contributed by atoms with Crippen molar-refractivity contribution in [3.8, 4) is 0 Å². The van der Waals surface area contributed by atoms with Crippen molar-refractivity contribution < 1.29 is 19.4 Å². The molecule has 1 heterocycles. The summed E-state index contributed by atoms with van der Waals surface area (Å²) in [6, 6.07) is 7.68. The number of furan rings is 1. The van der Waals surface area contributed by atoms with Gasteiger partial charge in [0.25, 0.3) is 0 Å². The number of benzene rings is 1. The number of rotatable bonds is 6. The van der Waals surface area contributed by atoms with Crippen LogP contribution in [0.4, 0.5) is 0 Å². The first-order valence-electron chi connectivity index (χ1n) is 5.72. The van der Waals surface area contributed by atoms with Crippen LogP contribution < -0.4 is 5.32 Å². The van der Waals surface area contributed by atoms with E-state index in [4.69, 9.17) is 9.52 Å². The van der Waals surface area contributed by atoms with Crippen LogP contribution in [0.15, 0.2) is 34.9 Å². The summed E-state index contributed by atoms with van der Waals surface area (Å²) in [5.41, 5.74) is 1.81. The number of carboxylic acid groups (broad SMARTS) is 1. The van der Waals surface area contributed by atoms with Gasteiger partial charge in [0.1, 0.15) is 5.58 Å². The van der Waals surface area contributed by atoms with Gasteiger partial charge in [0.05, 0.1) is 18.8 Å². The molecule has 2 aromatic rings. The molecule has 1 unspecified atom stereocenters. The molecule has 0 fully saturated rings. The Morgan fingerprint density at radius 3 is 2.94 bits per heavy atom. The topological polar surface area (TPSA) is 82.7 Å².